The molecule has 11 rings (SSSR count). The molecule has 0 aromatic heterocycles. The minimum atomic E-state index is -0.0829. The fourth-order valence-electron chi connectivity index (χ4n) is 10.8. The van der Waals surface area contributed by atoms with E-state index in [-0.39, 0.29) is 10.8 Å². The maximum atomic E-state index is 2.54. The number of hydrogen-bond acceptors (Lipinski definition) is 1. The summed E-state index contributed by atoms with van der Waals surface area (Å²) in [5.41, 5.74) is 22.3. The summed E-state index contributed by atoms with van der Waals surface area (Å²) >= 11 is 0. The molecule has 0 unspecified atom stereocenters. The van der Waals surface area contributed by atoms with Crippen molar-refractivity contribution in [3.8, 4) is 55.6 Å². The van der Waals surface area contributed by atoms with Gasteiger partial charge in [0.25, 0.3) is 0 Å². The summed E-state index contributed by atoms with van der Waals surface area (Å²) in [6.45, 7) is 4.76. The van der Waals surface area contributed by atoms with Crippen LogP contribution in [0, 0.1) is 0 Å². The SMILES string of the molecule is CC1(C)c2ccccc2-c2cccc(-c3ccc(N(c4ccc5c(c4)C4(CCCC4)c4ccccc4-5)c4ccccc4-c4ccc(-c5ccccc5)cc4)cc3)c21. The van der Waals surface area contributed by atoms with Crippen molar-refractivity contribution in [3.63, 3.8) is 0 Å². The quantitative estimate of drug-likeness (QED) is 0.165. The van der Waals surface area contributed by atoms with Crippen LogP contribution in [-0.4, -0.2) is 0 Å². The lowest BCUT2D eigenvalue weighted by molar-refractivity contribution is 0.550. The van der Waals surface area contributed by atoms with Crippen molar-refractivity contribution in [2.24, 2.45) is 0 Å². The molecule has 0 N–H and O–H groups in total. The zero-order chi connectivity index (χ0) is 38.1. The Bertz CT molecular complexity index is 2800. The summed E-state index contributed by atoms with van der Waals surface area (Å²) < 4.78 is 0. The molecule has 57 heavy (non-hydrogen) atoms. The third-order valence-corrected chi connectivity index (χ3v) is 13.4. The number of nitrogens with zero attached hydrogens (tertiary/aromatic N) is 1. The Labute approximate surface area is 336 Å². The summed E-state index contributed by atoms with van der Waals surface area (Å²) in [4.78, 5) is 2.51. The molecule has 0 saturated heterocycles. The summed E-state index contributed by atoms with van der Waals surface area (Å²) in [6, 6.07) is 70.3. The van der Waals surface area contributed by atoms with E-state index in [1.807, 2.05) is 0 Å². The number of rotatable bonds is 6. The van der Waals surface area contributed by atoms with Crippen LogP contribution in [0.4, 0.5) is 17.1 Å². The maximum absolute atomic E-state index is 2.54. The van der Waals surface area contributed by atoms with Crippen molar-refractivity contribution in [1.82, 2.24) is 0 Å². The van der Waals surface area contributed by atoms with E-state index in [2.05, 4.69) is 207 Å². The van der Waals surface area contributed by atoms with Gasteiger partial charge in [-0.1, -0.05) is 184 Å². The fourth-order valence-corrected chi connectivity index (χ4v) is 10.8. The molecular weight excluding hydrogens is 687 g/mol. The van der Waals surface area contributed by atoms with Gasteiger partial charge in [0.05, 0.1) is 5.69 Å². The van der Waals surface area contributed by atoms with Gasteiger partial charge in [0.2, 0.25) is 0 Å². The fraction of sp³-hybridized carbons (Fsp3) is 0.143. The van der Waals surface area contributed by atoms with Gasteiger partial charge < -0.3 is 4.90 Å². The second-order valence-electron chi connectivity index (χ2n) is 16.8. The van der Waals surface area contributed by atoms with Gasteiger partial charge >= 0.3 is 0 Å². The minimum Gasteiger partial charge on any atom is -0.310 e. The number of benzene rings is 8. The molecule has 3 aliphatic rings. The molecule has 3 aliphatic carbocycles. The molecule has 0 radical (unpaired) electrons. The summed E-state index contributed by atoms with van der Waals surface area (Å²) in [6.07, 6.45) is 4.97. The summed E-state index contributed by atoms with van der Waals surface area (Å²) in [7, 11) is 0. The van der Waals surface area contributed by atoms with E-state index in [0.29, 0.717) is 0 Å². The van der Waals surface area contributed by atoms with Gasteiger partial charge in [0.1, 0.15) is 0 Å². The van der Waals surface area contributed by atoms with Crippen LogP contribution >= 0.6 is 0 Å². The molecule has 8 aromatic carbocycles. The predicted octanol–water partition coefficient (Wildman–Crippen LogP) is 15.3. The predicted molar refractivity (Wildman–Crippen MR) is 240 cm³/mol. The topological polar surface area (TPSA) is 3.24 Å². The largest absolute Gasteiger partial charge is 0.310 e. The molecule has 8 aromatic rings. The van der Waals surface area contributed by atoms with Crippen molar-refractivity contribution in [2.75, 3.05) is 4.90 Å². The average Bonchev–Trinajstić information content (AvgIpc) is 3.94. The van der Waals surface area contributed by atoms with E-state index in [0.717, 1.165) is 5.69 Å². The zero-order valence-corrected chi connectivity index (χ0v) is 32.7. The Morgan fingerprint density at radius 2 is 0.877 bits per heavy atom. The first-order valence-corrected chi connectivity index (χ1v) is 20.6. The first kappa shape index (κ1) is 33.9. The van der Waals surface area contributed by atoms with Crippen LogP contribution in [0.5, 0.6) is 0 Å². The molecule has 274 valence electrons. The molecule has 0 heterocycles. The Morgan fingerprint density at radius 1 is 0.368 bits per heavy atom. The molecule has 1 nitrogen and oxygen atoms in total. The normalized spacial score (nSPS) is 15.2. The van der Waals surface area contributed by atoms with Crippen LogP contribution in [0.15, 0.2) is 188 Å². The molecule has 1 saturated carbocycles. The first-order valence-electron chi connectivity index (χ1n) is 20.6. The first-order chi connectivity index (χ1) is 28.0. The second kappa shape index (κ2) is 13.1. The standard InChI is InChI=1S/C56H45N/c1-55(2)50-22-9-6-19-47(50)49-21-14-20-45(54(49)55)41-29-31-42(32-30-41)57(43-33-34-48-46-18-7-10-23-51(46)56(52(48)37-43)35-12-13-36-56)53-24-11-8-17-44(53)40-27-25-39(26-28-40)38-15-4-3-5-16-38/h3-11,14-34,37H,12-13,35-36H2,1-2H3. The third-order valence-electron chi connectivity index (χ3n) is 13.4. The second-order valence-corrected chi connectivity index (χ2v) is 16.8. The van der Waals surface area contributed by atoms with Crippen molar-refractivity contribution in [1.29, 1.82) is 0 Å². The van der Waals surface area contributed by atoms with Crippen LogP contribution in [0.1, 0.15) is 61.8 Å². The van der Waals surface area contributed by atoms with Crippen molar-refractivity contribution >= 4 is 17.1 Å². The van der Waals surface area contributed by atoms with Gasteiger partial charge in [-0.05, 0) is 115 Å². The number of fused-ring (bicyclic) bond motifs is 8. The van der Waals surface area contributed by atoms with Gasteiger partial charge in [-0.15, -0.1) is 0 Å². The van der Waals surface area contributed by atoms with Crippen LogP contribution in [0.25, 0.3) is 55.6 Å². The van der Waals surface area contributed by atoms with E-state index >= 15 is 0 Å². The van der Waals surface area contributed by atoms with Gasteiger partial charge in [-0.2, -0.15) is 0 Å². The van der Waals surface area contributed by atoms with E-state index in [1.165, 1.54) is 115 Å². The molecule has 0 atom stereocenters. The zero-order valence-electron chi connectivity index (χ0n) is 32.7. The van der Waals surface area contributed by atoms with Crippen LogP contribution in [0.2, 0.25) is 0 Å². The molecule has 0 aliphatic heterocycles. The lowest BCUT2D eigenvalue weighted by atomic mass is 9.76. The maximum Gasteiger partial charge on any atom is 0.0540 e. The van der Waals surface area contributed by atoms with E-state index < -0.39 is 0 Å². The molecular formula is C56H45N. The highest BCUT2D eigenvalue weighted by molar-refractivity contribution is 5.93. The Kier molecular flexibility index (Phi) is 7.76. The summed E-state index contributed by atoms with van der Waals surface area (Å²) in [5, 5.41) is 0. The number of anilines is 3. The van der Waals surface area contributed by atoms with Crippen LogP contribution in [-0.2, 0) is 10.8 Å². The minimum absolute atomic E-state index is 0.0829. The number of para-hydroxylation sites is 1. The van der Waals surface area contributed by atoms with Crippen LogP contribution in [0.3, 0.4) is 0 Å². The van der Waals surface area contributed by atoms with Crippen LogP contribution < -0.4 is 4.90 Å². The van der Waals surface area contributed by atoms with Gasteiger partial charge in [-0.3, -0.25) is 0 Å². The molecule has 1 heteroatoms. The summed E-state index contributed by atoms with van der Waals surface area (Å²) in [5.74, 6) is 0. The Hall–Kier alpha value is -6.44. The van der Waals surface area contributed by atoms with Gasteiger partial charge in [-0.25, -0.2) is 0 Å². The van der Waals surface area contributed by atoms with Crippen molar-refractivity contribution in [2.45, 2.75) is 50.4 Å². The van der Waals surface area contributed by atoms with Crippen molar-refractivity contribution in [3.05, 3.63) is 210 Å². The molecule has 0 bridgehead atoms. The van der Waals surface area contributed by atoms with Gasteiger partial charge in [0.15, 0.2) is 0 Å². The van der Waals surface area contributed by atoms with E-state index in [4.69, 9.17) is 0 Å². The van der Waals surface area contributed by atoms with Gasteiger partial charge in [0, 0.05) is 27.8 Å². The highest BCUT2D eigenvalue weighted by Gasteiger charge is 2.45. The smallest absolute Gasteiger partial charge is 0.0540 e. The lowest BCUT2D eigenvalue weighted by Gasteiger charge is -2.31. The molecule has 0 amide bonds. The number of hydrogen-bond donors (Lipinski definition) is 0. The molecule has 1 spiro atoms. The lowest BCUT2D eigenvalue weighted by Crippen LogP contribution is -2.21. The third kappa shape index (κ3) is 5.22. The monoisotopic (exact) mass is 731 g/mol. The average molecular weight is 732 g/mol. The Balaban J connectivity index is 1.06. The van der Waals surface area contributed by atoms with Crippen molar-refractivity contribution < 1.29 is 0 Å². The highest BCUT2D eigenvalue weighted by atomic mass is 15.1. The van der Waals surface area contributed by atoms with E-state index in [1.54, 1.807) is 0 Å². The highest BCUT2D eigenvalue weighted by Crippen LogP contribution is 2.58. The van der Waals surface area contributed by atoms with E-state index in [9.17, 15) is 0 Å². The molecule has 1 fully saturated rings. The Morgan fingerprint density at radius 3 is 1.63 bits per heavy atom.